The highest BCUT2D eigenvalue weighted by Gasteiger charge is 1.95. The Morgan fingerprint density at radius 1 is 1.45 bits per heavy atom. The Morgan fingerprint density at radius 3 is 2.36 bits per heavy atom. The molecule has 0 radical (unpaired) electrons. The van der Waals surface area contributed by atoms with Crippen molar-refractivity contribution in [3.05, 3.63) is 12.3 Å². The Kier molecular flexibility index (Phi) is 4.54. The SMILES string of the molecule is CC(N)N/C=C\C(=N)C(C)C. The second-order valence-electron chi connectivity index (χ2n) is 2.90. The largest absolute Gasteiger partial charge is 0.376 e. The number of nitrogens with two attached hydrogens (primary N) is 1. The minimum Gasteiger partial charge on any atom is -0.376 e. The van der Waals surface area contributed by atoms with E-state index in [1.165, 1.54) is 0 Å². The van der Waals surface area contributed by atoms with Crippen LogP contribution in [-0.4, -0.2) is 11.9 Å². The van der Waals surface area contributed by atoms with Gasteiger partial charge < -0.3 is 16.5 Å². The van der Waals surface area contributed by atoms with Crippen molar-refractivity contribution < 1.29 is 0 Å². The average Bonchev–Trinajstić information content (AvgIpc) is 1.86. The monoisotopic (exact) mass is 155 g/mol. The third kappa shape index (κ3) is 5.61. The van der Waals surface area contributed by atoms with E-state index in [9.17, 15) is 0 Å². The van der Waals surface area contributed by atoms with Gasteiger partial charge in [0, 0.05) is 5.71 Å². The summed E-state index contributed by atoms with van der Waals surface area (Å²) in [7, 11) is 0. The van der Waals surface area contributed by atoms with E-state index in [0.717, 1.165) is 0 Å². The fraction of sp³-hybridized carbons (Fsp3) is 0.625. The van der Waals surface area contributed by atoms with Crippen molar-refractivity contribution in [1.82, 2.24) is 5.32 Å². The zero-order valence-corrected chi connectivity index (χ0v) is 7.39. The van der Waals surface area contributed by atoms with Crippen LogP contribution in [-0.2, 0) is 0 Å². The average molecular weight is 155 g/mol. The maximum absolute atomic E-state index is 7.42. The Morgan fingerprint density at radius 2 is 2.00 bits per heavy atom. The van der Waals surface area contributed by atoms with Gasteiger partial charge in [0.15, 0.2) is 0 Å². The van der Waals surface area contributed by atoms with Gasteiger partial charge in [-0.15, -0.1) is 0 Å². The lowest BCUT2D eigenvalue weighted by Crippen LogP contribution is -2.29. The molecular weight excluding hydrogens is 138 g/mol. The van der Waals surface area contributed by atoms with Gasteiger partial charge in [-0.2, -0.15) is 0 Å². The third-order valence-corrected chi connectivity index (χ3v) is 1.24. The summed E-state index contributed by atoms with van der Waals surface area (Å²) in [5.74, 6) is 0.279. The van der Waals surface area contributed by atoms with E-state index in [1.54, 1.807) is 12.3 Å². The summed E-state index contributed by atoms with van der Waals surface area (Å²) < 4.78 is 0. The molecule has 11 heavy (non-hydrogen) atoms. The molecule has 0 aliphatic heterocycles. The van der Waals surface area contributed by atoms with Crippen molar-refractivity contribution in [2.75, 3.05) is 0 Å². The van der Waals surface area contributed by atoms with Crippen LogP contribution in [0.3, 0.4) is 0 Å². The Hall–Kier alpha value is -0.830. The Labute approximate surface area is 68.2 Å². The lowest BCUT2D eigenvalue weighted by atomic mass is 10.1. The standard InChI is InChI=1S/C8H17N3/c1-6(2)8(10)4-5-11-7(3)9/h4-7,10-11H,9H2,1-3H3/b5-4-,10-8?. The maximum atomic E-state index is 7.42. The summed E-state index contributed by atoms with van der Waals surface area (Å²) in [6.45, 7) is 5.82. The van der Waals surface area contributed by atoms with E-state index < -0.39 is 0 Å². The van der Waals surface area contributed by atoms with Crippen LogP contribution in [0.4, 0.5) is 0 Å². The first-order chi connectivity index (χ1) is 5.04. The minimum atomic E-state index is -0.0498. The molecule has 0 fully saturated rings. The summed E-state index contributed by atoms with van der Waals surface area (Å²) in [6.07, 6.45) is 3.40. The van der Waals surface area contributed by atoms with Gasteiger partial charge in [-0.1, -0.05) is 13.8 Å². The van der Waals surface area contributed by atoms with Crippen molar-refractivity contribution in [3.63, 3.8) is 0 Å². The fourth-order valence-electron chi connectivity index (χ4n) is 0.482. The molecule has 1 atom stereocenters. The lowest BCUT2D eigenvalue weighted by molar-refractivity contribution is 0.670. The van der Waals surface area contributed by atoms with Crippen LogP contribution in [0.25, 0.3) is 0 Å². The molecular formula is C8H17N3. The molecule has 0 heterocycles. The van der Waals surface area contributed by atoms with Gasteiger partial charge in [-0.05, 0) is 25.1 Å². The quantitative estimate of drug-likeness (QED) is 0.420. The molecule has 0 rings (SSSR count). The first kappa shape index (κ1) is 10.2. The molecule has 0 bridgehead atoms. The molecule has 1 unspecified atom stereocenters. The molecule has 0 aliphatic carbocycles. The van der Waals surface area contributed by atoms with E-state index in [4.69, 9.17) is 11.1 Å². The highest BCUT2D eigenvalue weighted by molar-refractivity contribution is 5.93. The Balaban J connectivity index is 3.66. The van der Waals surface area contributed by atoms with Crippen LogP contribution in [0, 0.1) is 11.3 Å². The number of rotatable bonds is 4. The molecule has 3 nitrogen and oxygen atoms in total. The molecule has 3 heteroatoms. The molecule has 0 aromatic heterocycles. The predicted octanol–water partition coefficient (Wildman–Crippen LogP) is 1.07. The first-order valence-electron chi connectivity index (χ1n) is 3.80. The van der Waals surface area contributed by atoms with Crippen molar-refractivity contribution >= 4 is 5.71 Å². The number of allylic oxidation sites excluding steroid dienone is 1. The van der Waals surface area contributed by atoms with E-state index in [0.29, 0.717) is 5.71 Å². The smallest absolute Gasteiger partial charge is 0.0709 e. The van der Waals surface area contributed by atoms with E-state index in [-0.39, 0.29) is 12.1 Å². The van der Waals surface area contributed by atoms with Crippen molar-refractivity contribution in [2.24, 2.45) is 11.7 Å². The highest BCUT2D eigenvalue weighted by Crippen LogP contribution is 1.94. The second kappa shape index (κ2) is 4.91. The van der Waals surface area contributed by atoms with Crippen molar-refractivity contribution in [1.29, 1.82) is 5.41 Å². The summed E-state index contributed by atoms with van der Waals surface area (Å²) in [5, 5.41) is 10.3. The zero-order valence-electron chi connectivity index (χ0n) is 7.39. The van der Waals surface area contributed by atoms with E-state index in [2.05, 4.69) is 5.32 Å². The van der Waals surface area contributed by atoms with Crippen LogP contribution < -0.4 is 11.1 Å². The van der Waals surface area contributed by atoms with Gasteiger partial charge in [0.1, 0.15) is 0 Å². The normalized spacial score (nSPS) is 13.9. The molecule has 64 valence electrons. The molecule has 0 saturated heterocycles. The molecule has 0 aliphatic rings. The van der Waals surface area contributed by atoms with Gasteiger partial charge in [-0.25, -0.2) is 0 Å². The molecule has 4 N–H and O–H groups in total. The van der Waals surface area contributed by atoms with Gasteiger partial charge in [-0.3, -0.25) is 0 Å². The van der Waals surface area contributed by atoms with Gasteiger partial charge >= 0.3 is 0 Å². The summed E-state index contributed by atoms with van der Waals surface area (Å²) in [6, 6.07) is 0. The van der Waals surface area contributed by atoms with Crippen LogP contribution in [0.15, 0.2) is 12.3 Å². The van der Waals surface area contributed by atoms with Crippen LogP contribution >= 0.6 is 0 Å². The number of nitrogens with one attached hydrogen (secondary N) is 2. The predicted molar refractivity (Wildman–Crippen MR) is 48.5 cm³/mol. The van der Waals surface area contributed by atoms with Crippen LogP contribution in [0.5, 0.6) is 0 Å². The number of hydrogen-bond acceptors (Lipinski definition) is 3. The minimum absolute atomic E-state index is 0.0498. The summed E-state index contributed by atoms with van der Waals surface area (Å²) >= 11 is 0. The lowest BCUT2D eigenvalue weighted by Gasteiger charge is -2.04. The summed E-state index contributed by atoms with van der Waals surface area (Å²) in [4.78, 5) is 0. The van der Waals surface area contributed by atoms with Gasteiger partial charge in [0.05, 0.1) is 6.17 Å². The number of hydrogen-bond donors (Lipinski definition) is 3. The molecule has 0 aromatic rings. The Bertz CT molecular complexity index is 147. The van der Waals surface area contributed by atoms with Gasteiger partial charge in [0.2, 0.25) is 0 Å². The van der Waals surface area contributed by atoms with E-state index in [1.807, 2.05) is 20.8 Å². The summed E-state index contributed by atoms with van der Waals surface area (Å²) in [5.41, 5.74) is 6.03. The van der Waals surface area contributed by atoms with Crippen molar-refractivity contribution in [2.45, 2.75) is 26.9 Å². The van der Waals surface area contributed by atoms with Crippen molar-refractivity contribution in [3.8, 4) is 0 Å². The zero-order chi connectivity index (χ0) is 8.85. The second-order valence-corrected chi connectivity index (χ2v) is 2.90. The molecule has 0 spiro atoms. The molecule has 0 aromatic carbocycles. The topological polar surface area (TPSA) is 61.9 Å². The van der Waals surface area contributed by atoms with Crippen LogP contribution in [0.1, 0.15) is 20.8 Å². The molecule has 0 saturated carbocycles. The van der Waals surface area contributed by atoms with Crippen LogP contribution in [0.2, 0.25) is 0 Å². The maximum Gasteiger partial charge on any atom is 0.0709 e. The molecule has 0 amide bonds. The first-order valence-corrected chi connectivity index (χ1v) is 3.80. The fourth-order valence-corrected chi connectivity index (χ4v) is 0.482. The van der Waals surface area contributed by atoms with E-state index >= 15 is 0 Å². The van der Waals surface area contributed by atoms with Gasteiger partial charge in [0.25, 0.3) is 0 Å². The third-order valence-electron chi connectivity index (χ3n) is 1.24. The highest BCUT2D eigenvalue weighted by atomic mass is 15.0.